The van der Waals surface area contributed by atoms with Gasteiger partial charge in [-0.1, -0.05) is 121 Å². The van der Waals surface area contributed by atoms with Crippen molar-refractivity contribution in [1.29, 1.82) is 0 Å². The summed E-state index contributed by atoms with van der Waals surface area (Å²) in [6.45, 7) is 0. The monoisotopic (exact) mass is 622 g/mol. The summed E-state index contributed by atoms with van der Waals surface area (Å²) in [6, 6.07) is 44.1. The van der Waals surface area contributed by atoms with Crippen LogP contribution in [0, 0.1) is 0 Å². The predicted molar refractivity (Wildman–Crippen MR) is 178 cm³/mol. The Morgan fingerprint density at radius 3 is 0.878 bits per heavy atom. The first kappa shape index (κ1) is 31.9. The first-order chi connectivity index (χ1) is 20.1. The zero-order chi connectivity index (χ0) is 29.0. The Morgan fingerprint density at radius 1 is 0.415 bits per heavy atom. The van der Waals surface area contributed by atoms with Crippen LogP contribution in [-0.4, -0.2) is 58.4 Å². The summed E-state index contributed by atoms with van der Waals surface area (Å²) >= 11 is 0. The van der Waals surface area contributed by atoms with Gasteiger partial charge in [-0.05, 0) is 49.4 Å². The molecule has 0 saturated carbocycles. The summed E-state index contributed by atoms with van der Waals surface area (Å²) in [5, 5.41) is 5.29. The van der Waals surface area contributed by atoms with E-state index in [0.717, 1.165) is 12.3 Å². The second-order valence-corrected chi connectivity index (χ2v) is 20.3. The summed E-state index contributed by atoms with van der Waals surface area (Å²) in [4.78, 5) is 0. The third kappa shape index (κ3) is 8.51. The molecule has 0 spiro atoms. The molecule has 216 valence electrons. The lowest BCUT2D eigenvalue weighted by Gasteiger charge is -2.37. The Morgan fingerprint density at radius 2 is 0.659 bits per heavy atom. The number of rotatable bonds is 16. The minimum Gasteiger partial charge on any atom is -0.377 e. The van der Waals surface area contributed by atoms with Gasteiger partial charge in [-0.15, -0.1) is 0 Å². The third-order valence-corrected chi connectivity index (χ3v) is 19.7. The topological polar surface area (TPSA) is 46.2 Å². The van der Waals surface area contributed by atoms with Crippen LogP contribution < -0.4 is 21.2 Å². The molecule has 4 aromatic rings. The fraction of sp³-hybridized carbons (Fsp3) is 0.250. The molecule has 4 rings (SSSR count). The van der Waals surface area contributed by atoms with E-state index in [1.807, 2.05) is 0 Å². The fourth-order valence-electron chi connectivity index (χ4n) is 4.82. The average molecular weight is 623 g/mol. The Labute approximate surface area is 250 Å². The van der Waals surface area contributed by atoms with Crippen molar-refractivity contribution in [2.45, 2.75) is 12.1 Å². The molecule has 5 nitrogen and oxygen atoms in total. The maximum Gasteiger partial charge on any atom is 0.493 e. The lowest BCUT2D eigenvalue weighted by Crippen LogP contribution is -2.58. The van der Waals surface area contributed by atoms with Crippen LogP contribution in [-0.2, 0) is 21.8 Å². The van der Waals surface area contributed by atoms with E-state index < -0.39 is 33.5 Å². The standard InChI is InChI=1S/C32H40O5P2Si2/c1-33-40(34-2,27-25-38(29-17-9-5-10-18-29)30-19-11-6-12-20-30)37-41(35-3,36-4)28-26-39(31-21-13-7-14-22-31)32-23-15-8-16-24-32/h5-24H,25-28H2,1-4H3. The van der Waals surface area contributed by atoms with Gasteiger partial charge in [-0.25, -0.2) is 0 Å². The molecule has 4 aromatic carbocycles. The van der Waals surface area contributed by atoms with Crippen LogP contribution in [0.4, 0.5) is 0 Å². The Bertz CT molecular complexity index is 1100. The largest absolute Gasteiger partial charge is 0.493 e. The molecule has 0 radical (unpaired) electrons. The van der Waals surface area contributed by atoms with Gasteiger partial charge in [0, 0.05) is 40.5 Å². The molecule has 0 heterocycles. The molecule has 0 fully saturated rings. The van der Waals surface area contributed by atoms with Crippen LogP contribution >= 0.6 is 15.8 Å². The molecule has 0 aliphatic rings. The Hall–Kier alpha value is -2.03. The lowest BCUT2D eigenvalue weighted by atomic mass is 10.4. The van der Waals surface area contributed by atoms with E-state index in [-0.39, 0.29) is 0 Å². The molecule has 0 aromatic heterocycles. The first-order valence-corrected chi connectivity index (χ1v) is 20.7. The van der Waals surface area contributed by atoms with Gasteiger partial charge in [0.05, 0.1) is 0 Å². The zero-order valence-electron chi connectivity index (χ0n) is 24.3. The average Bonchev–Trinajstić information content (AvgIpc) is 3.06. The maximum absolute atomic E-state index is 6.88. The van der Waals surface area contributed by atoms with Crippen LogP contribution in [0.25, 0.3) is 0 Å². The van der Waals surface area contributed by atoms with Gasteiger partial charge in [-0.2, -0.15) is 0 Å². The van der Waals surface area contributed by atoms with Crippen molar-refractivity contribution in [3.05, 3.63) is 121 Å². The van der Waals surface area contributed by atoms with E-state index in [1.165, 1.54) is 21.2 Å². The summed E-state index contributed by atoms with van der Waals surface area (Å²) in [7, 11) is -0.782. The molecule has 0 atom stereocenters. The molecule has 9 heteroatoms. The van der Waals surface area contributed by atoms with Crippen LogP contribution in [0.5, 0.6) is 0 Å². The summed E-state index contributed by atoms with van der Waals surface area (Å²) < 4.78 is 31.4. The van der Waals surface area contributed by atoms with E-state index in [0.29, 0.717) is 12.1 Å². The zero-order valence-corrected chi connectivity index (χ0v) is 28.1. The molecule has 0 N–H and O–H groups in total. The highest BCUT2D eigenvalue weighted by atomic mass is 31.1. The van der Waals surface area contributed by atoms with Crippen molar-refractivity contribution in [3.8, 4) is 0 Å². The van der Waals surface area contributed by atoms with Crippen LogP contribution in [0.3, 0.4) is 0 Å². The normalized spacial score (nSPS) is 12.2. The van der Waals surface area contributed by atoms with Crippen molar-refractivity contribution in [2.24, 2.45) is 0 Å². The van der Waals surface area contributed by atoms with Gasteiger partial charge >= 0.3 is 17.6 Å². The molecule has 0 saturated heterocycles. The molecule has 41 heavy (non-hydrogen) atoms. The summed E-state index contributed by atoms with van der Waals surface area (Å²) in [5.74, 6) is 0. The number of benzene rings is 4. The van der Waals surface area contributed by atoms with Crippen molar-refractivity contribution in [1.82, 2.24) is 0 Å². The second kappa shape index (κ2) is 16.0. The van der Waals surface area contributed by atoms with E-state index in [4.69, 9.17) is 21.8 Å². The van der Waals surface area contributed by atoms with Gasteiger partial charge < -0.3 is 21.8 Å². The van der Waals surface area contributed by atoms with Crippen molar-refractivity contribution in [3.63, 3.8) is 0 Å². The molecule has 0 bridgehead atoms. The van der Waals surface area contributed by atoms with Gasteiger partial charge in [0.15, 0.2) is 0 Å². The van der Waals surface area contributed by atoms with E-state index in [1.54, 1.807) is 28.4 Å². The molecule has 0 amide bonds. The SMILES string of the molecule is CO[Si](CCP(c1ccccc1)c1ccccc1)(OC)O[Si](CCP(c1ccccc1)c1ccccc1)(OC)OC. The quantitative estimate of drug-likeness (QED) is 0.118. The van der Waals surface area contributed by atoms with Gasteiger partial charge in [0.2, 0.25) is 0 Å². The maximum atomic E-state index is 6.88. The summed E-state index contributed by atoms with van der Waals surface area (Å²) in [6.07, 6.45) is 1.74. The van der Waals surface area contributed by atoms with E-state index in [9.17, 15) is 0 Å². The minimum absolute atomic E-state index is 0.624. The third-order valence-electron chi connectivity index (χ3n) is 7.11. The Balaban J connectivity index is 1.56. The molecule has 0 unspecified atom stereocenters. The second-order valence-electron chi connectivity index (χ2n) is 9.43. The first-order valence-electron chi connectivity index (χ1n) is 13.7. The lowest BCUT2D eigenvalue weighted by molar-refractivity contribution is 0.0887. The van der Waals surface area contributed by atoms with E-state index in [2.05, 4.69) is 121 Å². The molecule has 0 aliphatic carbocycles. The van der Waals surface area contributed by atoms with Crippen molar-refractivity contribution >= 4 is 54.7 Å². The Kier molecular flexibility index (Phi) is 12.4. The van der Waals surface area contributed by atoms with Crippen molar-refractivity contribution < 1.29 is 21.8 Å². The highest BCUT2D eigenvalue weighted by Crippen LogP contribution is 2.40. The smallest absolute Gasteiger partial charge is 0.377 e. The van der Waals surface area contributed by atoms with Crippen LogP contribution in [0.1, 0.15) is 0 Å². The van der Waals surface area contributed by atoms with Crippen LogP contribution in [0.2, 0.25) is 12.1 Å². The minimum atomic E-state index is -3.14. The highest BCUT2D eigenvalue weighted by Gasteiger charge is 2.52. The number of hydrogen-bond donors (Lipinski definition) is 0. The van der Waals surface area contributed by atoms with E-state index >= 15 is 0 Å². The molecular weight excluding hydrogens is 582 g/mol. The molecule has 0 aliphatic heterocycles. The van der Waals surface area contributed by atoms with Crippen LogP contribution in [0.15, 0.2) is 121 Å². The molecular formula is C32H40O5P2Si2. The van der Waals surface area contributed by atoms with Gasteiger partial charge in [-0.3, -0.25) is 0 Å². The predicted octanol–water partition coefficient (Wildman–Crippen LogP) is 5.73. The highest BCUT2D eigenvalue weighted by molar-refractivity contribution is 7.73. The summed E-state index contributed by atoms with van der Waals surface area (Å²) in [5.41, 5.74) is 0. The fourth-order valence-corrected chi connectivity index (χ4v) is 17.8. The van der Waals surface area contributed by atoms with Crippen molar-refractivity contribution in [2.75, 3.05) is 40.8 Å². The number of hydrogen-bond acceptors (Lipinski definition) is 5. The van der Waals surface area contributed by atoms with Gasteiger partial charge in [0.25, 0.3) is 0 Å². The van der Waals surface area contributed by atoms with Gasteiger partial charge in [0.1, 0.15) is 0 Å².